The highest BCUT2D eigenvalue weighted by molar-refractivity contribution is 6.33. The van der Waals surface area contributed by atoms with Crippen molar-refractivity contribution in [2.24, 2.45) is 5.92 Å². The van der Waals surface area contributed by atoms with Crippen LogP contribution in [0, 0.1) is 11.7 Å². The number of aliphatic hydroxyl groups is 1. The Morgan fingerprint density at radius 3 is 2.65 bits per heavy atom. The van der Waals surface area contributed by atoms with Crippen LogP contribution in [-0.4, -0.2) is 23.7 Å². The summed E-state index contributed by atoms with van der Waals surface area (Å²) < 4.78 is 13.4. The number of hydrogen-bond acceptors (Lipinski definition) is 2. The highest BCUT2D eigenvalue weighted by Crippen LogP contribution is 2.19. The molecule has 1 aromatic carbocycles. The molecule has 2 N–H and O–H groups in total. The molecule has 17 heavy (non-hydrogen) atoms. The minimum atomic E-state index is -0.671. The zero-order valence-electron chi connectivity index (χ0n) is 9.71. The average molecular weight is 260 g/mol. The van der Waals surface area contributed by atoms with Crippen molar-refractivity contribution in [2.75, 3.05) is 6.61 Å². The van der Waals surface area contributed by atoms with Crippen molar-refractivity contribution < 1.29 is 14.3 Å². The first-order valence-electron chi connectivity index (χ1n) is 5.33. The van der Waals surface area contributed by atoms with Gasteiger partial charge >= 0.3 is 0 Å². The monoisotopic (exact) mass is 259 g/mol. The van der Waals surface area contributed by atoms with Crippen molar-refractivity contribution in [3.8, 4) is 0 Å². The van der Waals surface area contributed by atoms with E-state index in [1.54, 1.807) is 0 Å². The van der Waals surface area contributed by atoms with E-state index in [1.807, 2.05) is 13.8 Å². The molecule has 0 fully saturated rings. The van der Waals surface area contributed by atoms with Crippen molar-refractivity contribution in [1.29, 1.82) is 0 Å². The number of carbonyl (C=O) groups is 1. The predicted molar refractivity (Wildman–Crippen MR) is 64.6 cm³/mol. The van der Waals surface area contributed by atoms with Crippen LogP contribution in [0.4, 0.5) is 4.39 Å². The molecule has 0 aromatic heterocycles. The Labute approximate surface area is 105 Å². The number of hydrogen-bond donors (Lipinski definition) is 2. The molecule has 0 saturated carbocycles. The Morgan fingerprint density at radius 2 is 2.18 bits per heavy atom. The molecule has 0 aliphatic carbocycles. The third-order valence-corrected chi connectivity index (χ3v) is 2.82. The van der Waals surface area contributed by atoms with Gasteiger partial charge in [-0.15, -0.1) is 0 Å². The molecule has 1 rings (SSSR count). The topological polar surface area (TPSA) is 49.3 Å². The summed E-state index contributed by atoms with van der Waals surface area (Å²) in [6.07, 6.45) is 0. The molecule has 0 unspecified atom stereocenters. The Balaban J connectivity index is 2.90. The van der Waals surface area contributed by atoms with E-state index in [1.165, 1.54) is 18.2 Å². The van der Waals surface area contributed by atoms with Gasteiger partial charge in [-0.25, -0.2) is 4.39 Å². The molecule has 5 heteroatoms. The van der Waals surface area contributed by atoms with Crippen LogP contribution in [0.5, 0.6) is 0 Å². The van der Waals surface area contributed by atoms with E-state index in [0.717, 1.165) is 0 Å². The van der Waals surface area contributed by atoms with E-state index < -0.39 is 17.8 Å². The fourth-order valence-electron chi connectivity index (χ4n) is 1.38. The van der Waals surface area contributed by atoms with Gasteiger partial charge in [-0.1, -0.05) is 31.5 Å². The highest BCUT2D eigenvalue weighted by atomic mass is 35.5. The van der Waals surface area contributed by atoms with E-state index in [0.29, 0.717) is 0 Å². The summed E-state index contributed by atoms with van der Waals surface area (Å²) in [5.41, 5.74) is -0.187. The predicted octanol–water partition coefficient (Wildman–Crippen LogP) is 2.23. The molecular formula is C12H15ClFNO2. The summed E-state index contributed by atoms with van der Waals surface area (Å²) in [4.78, 5) is 11.8. The Morgan fingerprint density at radius 1 is 1.53 bits per heavy atom. The molecule has 1 amide bonds. The van der Waals surface area contributed by atoms with Gasteiger partial charge in [0, 0.05) is 0 Å². The first kappa shape index (κ1) is 13.9. The smallest absolute Gasteiger partial charge is 0.256 e. The zero-order chi connectivity index (χ0) is 13.0. The second kappa shape index (κ2) is 5.98. The molecule has 0 saturated heterocycles. The van der Waals surface area contributed by atoms with E-state index in [2.05, 4.69) is 5.32 Å². The molecule has 0 spiro atoms. The van der Waals surface area contributed by atoms with Gasteiger partial charge < -0.3 is 10.4 Å². The number of nitrogens with one attached hydrogen (secondary N) is 1. The number of rotatable bonds is 4. The molecule has 0 aliphatic heterocycles. The van der Waals surface area contributed by atoms with Gasteiger partial charge in [0.25, 0.3) is 5.91 Å². The van der Waals surface area contributed by atoms with Crippen LogP contribution in [-0.2, 0) is 0 Å². The lowest BCUT2D eigenvalue weighted by molar-refractivity contribution is 0.0893. The minimum Gasteiger partial charge on any atom is -0.394 e. The molecule has 1 atom stereocenters. The van der Waals surface area contributed by atoms with Crippen molar-refractivity contribution in [2.45, 2.75) is 19.9 Å². The maximum atomic E-state index is 13.4. The SMILES string of the molecule is CC(C)[C@@H](CO)NC(=O)c1c(F)cccc1Cl. The number of amides is 1. The molecule has 0 heterocycles. The second-order valence-corrected chi connectivity index (χ2v) is 4.51. The Hall–Kier alpha value is -1.13. The maximum Gasteiger partial charge on any atom is 0.256 e. The first-order valence-corrected chi connectivity index (χ1v) is 5.71. The quantitative estimate of drug-likeness (QED) is 0.871. The van der Waals surface area contributed by atoms with Gasteiger partial charge in [0.15, 0.2) is 0 Å². The molecule has 3 nitrogen and oxygen atoms in total. The van der Waals surface area contributed by atoms with E-state index in [9.17, 15) is 9.18 Å². The van der Waals surface area contributed by atoms with Crippen molar-refractivity contribution in [3.63, 3.8) is 0 Å². The summed E-state index contributed by atoms with van der Waals surface area (Å²) in [5.74, 6) is -1.23. The van der Waals surface area contributed by atoms with Crippen LogP contribution in [0.2, 0.25) is 5.02 Å². The van der Waals surface area contributed by atoms with Crippen LogP contribution in [0.25, 0.3) is 0 Å². The van der Waals surface area contributed by atoms with Crippen LogP contribution < -0.4 is 5.32 Å². The zero-order valence-corrected chi connectivity index (χ0v) is 10.5. The van der Waals surface area contributed by atoms with Crippen molar-refractivity contribution in [3.05, 3.63) is 34.6 Å². The van der Waals surface area contributed by atoms with Gasteiger partial charge in [-0.2, -0.15) is 0 Å². The lowest BCUT2D eigenvalue weighted by Gasteiger charge is -2.20. The fourth-order valence-corrected chi connectivity index (χ4v) is 1.63. The molecular weight excluding hydrogens is 245 g/mol. The molecule has 0 radical (unpaired) electrons. The summed E-state index contributed by atoms with van der Waals surface area (Å²) in [6.45, 7) is 3.50. The summed E-state index contributed by atoms with van der Waals surface area (Å²) >= 11 is 5.77. The third kappa shape index (κ3) is 3.41. The van der Waals surface area contributed by atoms with Crippen molar-refractivity contribution >= 4 is 17.5 Å². The van der Waals surface area contributed by atoms with Gasteiger partial charge in [-0.05, 0) is 18.1 Å². The van der Waals surface area contributed by atoms with E-state index in [4.69, 9.17) is 16.7 Å². The Kier molecular flexibility index (Phi) is 4.90. The van der Waals surface area contributed by atoms with Gasteiger partial charge in [-0.3, -0.25) is 4.79 Å². The van der Waals surface area contributed by atoms with E-state index in [-0.39, 0.29) is 23.1 Å². The number of benzene rings is 1. The van der Waals surface area contributed by atoms with Gasteiger partial charge in [0.1, 0.15) is 5.82 Å². The Bertz CT molecular complexity index is 389. The lowest BCUT2D eigenvalue weighted by Crippen LogP contribution is -2.41. The maximum absolute atomic E-state index is 13.4. The van der Waals surface area contributed by atoms with E-state index >= 15 is 0 Å². The van der Waals surface area contributed by atoms with Gasteiger partial charge in [0.2, 0.25) is 0 Å². The molecule has 0 bridgehead atoms. The molecule has 1 aromatic rings. The standard InChI is InChI=1S/C12H15ClFNO2/c1-7(2)10(6-16)15-12(17)11-8(13)4-3-5-9(11)14/h3-5,7,10,16H,6H2,1-2H3,(H,15,17)/t10-/m1/s1. The summed E-state index contributed by atoms with van der Waals surface area (Å²) in [5, 5.41) is 11.7. The highest BCUT2D eigenvalue weighted by Gasteiger charge is 2.20. The normalized spacial score (nSPS) is 12.6. The van der Waals surface area contributed by atoms with Crippen LogP contribution >= 0.6 is 11.6 Å². The fraction of sp³-hybridized carbons (Fsp3) is 0.417. The summed E-state index contributed by atoms with van der Waals surface area (Å²) in [7, 11) is 0. The third-order valence-electron chi connectivity index (χ3n) is 2.51. The number of halogens is 2. The van der Waals surface area contributed by atoms with Crippen LogP contribution in [0.1, 0.15) is 24.2 Å². The largest absolute Gasteiger partial charge is 0.394 e. The van der Waals surface area contributed by atoms with Crippen LogP contribution in [0.3, 0.4) is 0 Å². The molecule has 0 aliphatic rings. The van der Waals surface area contributed by atoms with Crippen LogP contribution in [0.15, 0.2) is 18.2 Å². The first-order chi connectivity index (χ1) is 7.97. The van der Waals surface area contributed by atoms with Gasteiger partial charge in [0.05, 0.1) is 23.2 Å². The average Bonchev–Trinajstić information content (AvgIpc) is 2.25. The summed E-state index contributed by atoms with van der Waals surface area (Å²) in [6, 6.07) is 3.63. The number of aliphatic hydroxyl groups excluding tert-OH is 1. The second-order valence-electron chi connectivity index (χ2n) is 4.10. The minimum absolute atomic E-state index is 0.0505. The number of carbonyl (C=O) groups excluding carboxylic acids is 1. The van der Waals surface area contributed by atoms with Crippen molar-refractivity contribution in [1.82, 2.24) is 5.32 Å². The molecule has 94 valence electrons. The lowest BCUT2D eigenvalue weighted by atomic mass is 10.0.